The molecule has 0 atom stereocenters. The molecule has 11 heteroatoms. The second-order valence-corrected chi connectivity index (χ2v) is 14.0. The average Bonchev–Trinajstić information content (AvgIpc) is 2.80. The topological polar surface area (TPSA) is 83.1 Å². The van der Waals surface area contributed by atoms with Crippen molar-refractivity contribution in [1.82, 2.24) is 0 Å². The minimum Gasteiger partial charge on any atom is -0.414 e. The highest BCUT2D eigenvalue weighted by molar-refractivity contribution is 6.74. The van der Waals surface area contributed by atoms with Crippen molar-refractivity contribution in [2.24, 2.45) is 0 Å². The Morgan fingerprint density at radius 1 is 0.429 bits per heavy atom. The molecule has 0 fully saturated rings. The van der Waals surface area contributed by atoms with Crippen molar-refractivity contribution in [2.75, 3.05) is 119 Å². The Labute approximate surface area is 213 Å². The first-order valence-electron chi connectivity index (χ1n) is 12.6. The van der Waals surface area contributed by atoms with Crippen LogP contribution in [0.3, 0.4) is 0 Å². The summed E-state index contributed by atoms with van der Waals surface area (Å²) in [5, 5.41) is 0.220. The highest BCUT2D eigenvalue weighted by atomic mass is 28.4. The van der Waals surface area contributed by atoms with E-state index in [-0.39, 0.29) is 11.6 Å². The lowest BCUT2D eigenvalue weighted by Gasteiger charge is -2.36. The third-order valence-corrected chi connectivity index (χ3v) is 9.86. The van der Waals surface area contributed by atoms with Crippen LogP contribution in [0.2, 0.25) is 18.1 Å². The van der Waals surface area contributed by atoms with E-state index >= 15 is 0 Å². The molecule has 0 aliphatic carbocycles. The van der Waals surface area contributed by atoms with Gasteiger partial charge in [0.05, 0.1) is 112 Å². The Hall–Kier alpha value is -0.213. The van der Waals surface area contributed by atoms with Gasteiger partial charge in [-0.05, 0) is 18.1 Å². The molecule has 0 aromatic heterocycles. The van der Waals surface area contributed by atoms with Gasteiger partial charge in [-0.3, -0.25) is 0 Å². The van der Waals surface area contributed by atoms with Crippen LogP contribution in [0.25, 0.3) is 0 Å². The van der Waals surface area contributed by atoms with E-state index < -0.39 is 15.0 Å². The number of ether oxygens (including phenoxy) is 8. The van der Waals surface area contributed by atoms with E-state index in [1.165, 1.54) is 0 Å². The van der Waals surface area contributed by atoms with Crippen LogP contribution in [0.5, 0.6) is 0 Å². The summed E-state index contributed by atoms with van der Waals surface area (Å²) in [5.74, 6) is 0. The summed E-state index contributed by atoms with van der Waals surface area (Å²) in [6.07, 6.45) is 0. The first kappa shape index (κ1) is 34.8. The molecule has 0 aliphatic heterocycles. The first-order chi connectivity index (χ1) is 16.8. The monoisotopic (exact) mass is 530 g/mol. The van der Waals surface area contributed by atoms with Crippen LogP contribution >= 0.6 is 0 Å². The van der Waals surface area contributed by atoms with Gasteiger partial charge in [0, 0.05) is 0 Å². The van der Waals surface area contributed by atoms with Crippen LogP contribution in [-0.4, -0.2) is 127 Å². The molecule has 0 heterocycles. The fourth-order valence-corrected chi connectivity index (χ4v) is 3.29. The maximum absolute atomic E-state index is 11.8. The number of rotatable bonds is 27. The van der Waals surface area contributed by atoms with E-state index in [0.717, 1.165) is 0 Å². The van der Waals surface area contributed by atoms with Gasteiger partial charge in [0.25, 0.3) is 0 Å². The lowest BCUT2D eigenvalue weighted by Crippen LogP contribution is -2.41. The Bertz CT molecular complexity index is 440. The van der Waals surface area contributed by atoms with Crippen molar-refractivity contribution in [2.45, 2.75) is 38.9 Å². The van der Waals surface area contributed by atoms with E-state index in [9.17, 15) is 4.39 Å². The molecule has 0 saturated carbocycles. The van der Waals surface area contributed by atoms with Crippen LogP contribution in [-0.2, 0) is 42.3 Å². The molecule has 0 bridgehead atoms. The SMILES string of the molecule is CC(C)(C)[Si](C)(C)OCCOCCOCCOCCOCCOCCOCCOCCOCCF. The van der Waals surface area contributed by atoms with Gasteiger partial charge in [0.1, 0.15) is 6.67 Å². The van der Waals surface area contributed by atoms with E-state index in [1.807, 2.05) is 0 Å². The second-order valence-electron chi connectivity index (χ2n) is 9.20. The summed E-state index contributed by atoms with van der Waals surface area (Å²) in [7, 11) is -1.69. The number of alkyl halides is 1. The molecule has 9 nitrogen and oxygen atoms in total. The fraction of sp³-hybridized carbons (Fsp3) is 1.00. The Morgan fingerprint density at radius 3 is 0.886 bits per heavy atom. The molecule has 0 N–H and O–H groups in total. The minimum atomic E-state index is -1.69. The Balaban J connectivity index is 3.14. The van der Waals surface area contributed by atoms with Gasteiger partial charge in [-0.2, -0.15) is 0 Å². The van der Waals surface area contributed by atoms with Crippen LogP contribution < -0.4 is 0 Å². The summed E-state index contributed by atoms with van der Waals surface area (Å²) in [6.45, 7) is 19.1. The van der Waals surface area contributed by atoms with Crippen molar-refractivity contribution in [1.29, 1.82) is 0 Å². The molecule has 0 spiro atoms. The van der Waals surface area contributed by atoms with Crippen LogP contribution in [0.15, 0.2) is 0 Å². The highest BCUT2D eigenvalue weighted by Gasteiger charge is 2.36. The van der Waals surface area contributed by atoms with Crippen molar-refractivity contribution < 1.29 is 46.7 Å². The standard InChI is InChI=1S/C24H51FO9Si/c1-24(2,3)35(4,5)34-23-22-33-21-20-32-19-18-31-17-16-30-15-14-29-13-12-28-11-10-27-9-8-26-7-6-25/h6-23H2,1-5H3. The van der Waals surface area contributed by atoms with Gasteiger partial charge in [0.15, 0.2) is 8.32 Å². The summed E-state index contributed by atoms with van der Waals surface area (Å²) in [5.41, 5.74) is 0. The zero-order valence-electron chi connectivity index (χ0n) is 22.8. The molecule has 0 unspecified atom stereocenters. The minimum absolute atomic E-state index is 0.119. The molecular weight excluding hydrogens is 479 g/mol. The van der Waals surface area contributed by atoms with Crippen molar-refractivity contribution >= 4 is 8.32 Å². The number of hydrogen-bond acceptors (Lipinski definition) is 9. The number of halogens is 1. The summed E-state index contributed by atoms with van der Waals surface area (Å²) < 4.78 is 60.8. The van der Waals surface area contributed by atoms with Crippen LogP contribution in [0, 0.1) is 0 Å². The van der Waals surface area contributed by atoms with Crippen molar-refractivity contribution in [3.63, 3.8) is 0 Å². The second kappa shape index (κ2) is 24.1. The Kier molecular flexibility index (Phi) is 24.0. The van der Waals surface area contributed by atoms with E-state index in [2.05, 4.69) is 33.9 Å². The summed E-state index contributed by atoms with van der Waals surface area (Å²) >= 11 is 0. The molecular formula is C24H51FO9Si. The van der Waals surface area contributed by atoms with E-state index in [0.29, 0.717) is 106 Å². The van der Waals surface area contributed by atoms with Crippen molar-refractivity contribution in [3.8, 4) is 0 Å². The molecule has 0 rings (SSSR count). The summed E-state index contributed by atoms with van der Waals surface area (Å²) in [6, 6.07) is 0. The maximum atomic E-state index is 11.8. The molecule has 0 saturated heterocycles. The highest BCUT2D eigenvalue weighted by Crippen LogP contribution is 2.36. The largest absolute Gasteiger partial charge is 0.414 e. The fourth-order valence-electron chi connectivity index (χ4n) is 2.27. The molecule has 212 valence electrons. The average molecular weight is 531 g/mol. The lowest BCUT2D eigenvalue weighted by molar-refractivity contribution is -0.0239. The zero-order valence-corrected chi connectivity index (χ0v) is 23.8. The smallest absolute Gasteiger partial charge is 0.192 e. The third kappa shape index (κ3) is 23.9. The van der Waals surface area contributed by atoms with Crippen LogP contribution in [0.1, 0.15) is 20.8 Å². The Morgan fingerprint density at radius 2 is 0.657 bits per heavy atom. The maximum Gasteiger partial charge on any atom is 0.192 e. The molecule has 0 radical (unpaired) electrons. The molecule has 35 heavy (non-hydrogen) atoms. The van der Waals surface area contributed by atoms with E-state index in [1.54, 1.807) is 0 Å². The predicted molar refractivity (Wildman–Crippen MR) is 136 cm³/mol. The van der Waals surface area contributed by atoms with Gasteiger partial charge in [0.2, 0.25) is 0 Å². The summed E-state index contributed by atoms with van der Waals surface area (Å²) in [4.78, 5) is 0. The molecule has 0 aromatic carbocycles. The molecule has 0 aromatic rings. The first-order valence-corrected chi connectivity index (χ1v) is 15.5. The quantitative estimate of drug-likeness (QED) is 0.117. The van der Waals surface area contributed by atoms with Gasteiger partial charge in [-0.1, -0.05) is 20.8 Å². The third-order valence-electron chi connectivity index (χ3n) is 5.32. The van der Waals surface area contributed by atoms with Gasteiger partial charge in [-0.25, -0.2) is 4.39 Å². The lowest BCUT2D eigenvalue weighted by atomic mass is 10.2. The zero-order chi connectivity index (χ0) is 26.1. The molecule has 0 aliphatic rings. The van der Waals surface area contributed by atoms with E-state index in [4.69, 9.17) is 42.3 Å². The number of hydrogen-bond donors (Lipinski definition) is 0. The van der Waals surface area contributed by atoms with Crippen molar-refractivity contribution in [3.05, 3.63) is 0 Å². The molecule has 0 amide bonds. The van der Waals surface area contributed by atoms with Gasteiger partial charge < -0.3 is 42.3 Å². The van der Waals surface area contributed by atoms with Gasteiger partial charge >= 0.3 is 0 Å². The van der Waals surface area contributed by atoms with Gasteiger partial charge in [-0.15, -0.1) is 0 Å². The van der Waals surface area contributed by atoms with Crippen LogP contribution in [0.4, 0.5) is 4.39 Å². The predicted octanol–water partition coefficient (Wildman–Crippen LogP) is 3.11. The normalized spacial score (nSPS) is 12.5.